The van der Waals surface area contributed by atoms with Gasteiger partial charge in [-0.2, -0.15) is 4.37 Å². The van der Waals surface area contributed by atoms with E-state index in [4.69, 9.17) is 0 Å². The van der Waals surface area contributed by atoms with Gasteiger partial charge in [0.2, 0.25) is 11.1 Å². The van der Waals surface area contributed by atoms with Crippen LogP contribution in [0.2, 0.25) is 0 Å². The van der Waals surface area contributed by atoms with E-state index in [1.54, 1.807) is 6.92 Å². The lowest BCUT2D eigenvalue weighted by molar-refractivity contribution is 0.208. The predicted octanol–water partition coefficient (Wildman–Crippen LogP) is 1.79. The minimum absolute atomic E-state index is 0.441. The van der Waals surface area contributed by atoms with Crippen LogP contribution in [-0.4, -0.2) is 50.8 Å². The van der Waals surface area contributed by atoms with Gasteiger partial charge in [-0.25, -0.2) is 9.97 Å². The zero-order chi connectivity index (χ0) is 16.4. The second-order valence-corrected chi connectivity index (χ2v) is 6.36. The Morgan fingerprint density at radius 1 is 1.30 bits per heavy atom. The second kappa shape index (κ2) is 6.51. The van der Waals surface area contributed by atoms with Gasteiger partial charge in [0.05, 0.1) is 23.7 Å². The first-order chi connectivity index (χ1) is 11.0. The highest BCUT2D eigenvalue weighted by atomic mass is 32.1. The minimum Gasteiger partial charge on any atom is -0.392 e. The van der Waals surface area contributed by atoms with E-state index in [1.807, 2.05) is 47.8 Å². The third kappa shape index (κ3) is 3.43. The maximum atomic E-state index is 9.51. The number of nitrogens with one attached hydrogen (secondary N) is 1. The summed E-state index contributed by atoms with van der Waals surface area (Å²) >= 11 is 1.38. The summed E-state index contributed by atoms with van der Waals surface area (Å²) in [6.07, 6.45) is -0.444. The molecule has 0 aliphatic heterocycles. The molecule has 0 amide bonds. The van der Waals surface area contributed by atoms with E-state index in [0.717, 1.165) is 22.0 Å². The SMILES string of the molecule is C[C@H](O)CNc1nc2ccccc2n1Cc1nsc(N(C)C)n1. The molecule has 8 heteroatoms. The zero-order valence-corrected chi connectivity index (χ0v) is 14.2. The number of anilines is 2. The molecule has 0 spiro atoms. The summed E-state index contributed by atoms with van der Waals surface area (Å²) < 4.78 is 6.46. The van der Waals surface area contributed by atoms with Crippen molar-refractivity contribution >= 4 is 33.6 Å². The molecule has 2 heterocycles. The average molecular weight is 332 g/mol. The van der Waals surface area contributed by atoms with Gasteiger partial charge in [0.15, 0.2) is 5.82 Å². The Morgan fingerprint density at radius 3 is 2.78 bits per heavy atom. The van der Waals surface area contributed by atoms with Gasteiger partial charge in [0.1, 0.15) is 0 Å². The number of hydrogen-bond donors (Lipinski definition) is 2. The van der Waals surface area contributed by atoms with Crippen LogP contribution in [0.1, 0.15) is 12.7 Å². The van der Waals surface area contributed by atoms with Crippen LogP contribution in [0.5, 0.6) is 0 Å². The van der Waals surface area contributed by atoms with Crippen molar-refractivity contribution in [3.8, 4) is 0 Å². The molecular weight excluding hydrogens is 312 g/mol. The van der Waals surface area contributed by atoms with Crippen LogP contribution < -0.4 is 10.2 Å². The van der Waals surface area contributed by atoms with Crippen molar-refractivity contribution in [2.75, 3.05) is 30.9 Å². The lowest BCUT2D eigenvalue weighted by Gasteiger charge is -2.10. The summed E-state index contributed by atoms with van der Waals surface area (Å²) in [4.78, 5) is 11.1. The van der Waals surface area contributed by atoms with Gasteiger partial charge in [-0.1, -0.05) is 12.1 Å². The Hall–Kier alpha value is -2.19. The van der Waals surface area contributed by atoms with Crippen molar-refractivity contribution in [1.29, 1.82) is 0 Å². The molecule has 1 aromatic carbocycles. The van der Waals surface area contributed by atoms with Crippen LogP contribution in [0.3, 0.4) is 0 Å². The number of nitrogens with zero attached hydrogens (tertiary/aromatic N) is 5. The Labute approximate surface area is 138 Å². The molecule has 0 aliphatic rings. The highest BCUT2D eigenvalue weighted by molar-refractivity contribution is 7.09. The Balaban J connectivity index is 1.94. The topological polar surface area (TPSA) is 79.1 Å². The summed E-state index contributed by atoms with van der Waals surface area (Å²) in [5, 5.41) is 13.6. The number of fused-ring (bicyclic) bond motifs is 1. The molecule has 2 aromatic heterocycles. The fourth-order valence-electron chi connectivity index (χ4n) is 2.24. The van der Waals surface area contributed by atoms with Crippen molar-refractivity contribution in [3.63, 3.8) is 0 Å². The summed E-state index contributed by atoms with van der Waals surface area (Å²) in [5.41, 5.74) is 1.92. The number of imidazole rings is 1. The molecule has 1 atom stereocenters. The number of benzene rings is 1. The van der Waals surface area contributed by atoms with Gasteiger partial charge in [-0.3, -0.25) is 0 Å². The summed E-state index contributed by atoms with van der Waals surface area (Å²) in [5.74, 6) is 1.47. The van der Waals surface area contributed by atoms with Crippen LogP contribution >= 0.6 is 11.5 Å². The molecule has 0 fully saturated rings. The maximum Gasteiger partial charge on any atom is 0.204 e. The Morgan fingerprint density at radius 2 is 2.09 bits per heavy atom. The summed E-state index contributed by atoms with van der Waals surface area (Å²) in [7, 11) is 3.90. The third-order valence-electron chi connectivity index (χ3n) is 3.35. The van der Waals surface area contributed by atoms with E-state index >= 15 is 0 Å². The van der Waals surface area contributed by atoms with Crippen molar-refractivity contribution in [2.24, 2.45) is 0 Å². The fourth-order valence-corrected chi connectivity index (χ4v) is 2.84. The molecule has 0 saturated heterocycles. The molecule has 2 N–H and O–H groups in total. The van der Waals surface area contributed by atoms with Crippen LogP contribution in [0.4, 0.5) is 11.1 Å². The van der Waals surface area contributed by atoms with Crippen LogP contribution in [0, 0.1) is 0 Å². The van der Waals surface area contributed by atoms with E-state index in [1.165, 1.54) is 11.5 Å². The lowest BCUT2D eigenvalue weighted by Crippen LogP contribution is -2.18. The van der Waals surface area contributed by atoms with Crippen molar-refractivity contribution < 1.29 is 5.11 Å². The van der Waals surface area contributed by atoms with Crippen LogP contribution in [-0.2, 0) is 6.54 Å². The van der Waals surface area contributed by atoms with E-state index in [2.05, 4.69) is 19.7 Å². The number of rotatable bonds is 6. The van der Waals surface area contributed by atoms with Gasteiger partial charge in [-0.05, 0) is 19.1 Å². The molecule has 0 bridgehead atoms. The predicted molar refractivity (Wildman–Crippen MR) is 93.2 cm³/mol. The van der Waals surface area contributed by atoms with Crippen molar-refractivity contribution in [2.45, 2.75) is 19.6 Å². The number of aliphatic hydroxyl groups excluding tert-OH is 1. The van der Waals surface area contributed by atoms with Crippen molar-refractivity contribution in [1.82, 2.24) is 18.9 Å². The molecule has 23 heavy (non-hydrogen) atoms. The Kier molecular flexibility index (Phi) is 4.44. The number of aromatic nitrogens is 4. The van der Waals surface area contributed by atoms with Gasteiger partial charge in [0.25, 0.3) is 0 Å². The standard InChI is InChI=1S/C15H20N6OS/c1-10(22)8-16-14-17-11-6-4-5-7-12(11)21(14)9-13-18-15(20(2)3)23-19-13/h4-7,10,22H,8-9H2,1-3H3,(H,16,17)/t10-/m0/s1. The first kappa shape index (κ1) is 15.7. The quantitative estimate of drug-likeness (QED) is 0.716. The molecule has 7 nitrogen and oxygen atoms in total. The average Bonchev–Trinajstić information content (AvgIpc) is 3.11. The maximum absolute atomic E-state index is 9.51. The summed E-state index contributed by atoms with van der Waals surface area (Å²) in [6, 6.07) is 7.94. The van der Waals surface area contributed by atoms with E-state index in [0.29, 0.717) is 19.0 Å². The van der Waals surface area contributed by atoms with E-state index in [-0.39, 0.29) is 0 Å². The fraction of sp³-hybridized carbons (Fsp3) is 0.400. The molecule has 3 aromatic rings. The lowest BCUT2D eigenvalue weighted by atomic mass is 10.3. The molecule has 0 aliphatic carbocycles. The third-order valence-corrected chi connectivity index (χ3v) is 4.27. The van der Waals surface area contributed by atoms with Crippen LogP contribution in [0.25, 0.3) is 11.0 Å². The molecule has 0 radical (unpaired) electrons. The van der Waals surface area contributed by atoms with E-state index in [9.17, 15) is 5.11 Å². The second-order valence-electron chi connectivity index (χ2n) is 5.63. The smallest absolute Gasteiger partial charge is 0.204 e. The van der Waals surface area contributed by atoms with Gasteiger partial charge < -0.3 is 19.9 Å². The van der Waals surface area contributed by atoms with Crippen molar-refractivity contribution in [3.05, 3.63) is 30.1 Å². The summed E-state index contributed by atoms with van der Waals surface area (Å²) in [6.45, 7) is 2.72. The number of aliphatic hydroxyl groups is 1. The van der Waals surface area contributed by atoms with E-state index < -0.39 is 6.10 Å². The van der Waals surface area contributed by atoms with Gasteiger partial charge >= 0.3 is 0 Å². The largest absolute Gasteiger partial charge is 0.392 e. The molecular formula is C15H20N6OS. The first-order valence-corrected chi connectivity index (χ1v) is 8.19. The first-order valence-electron chi connectivity index (χ1n) is 7.41. The highest BCUT2D eigenvalue weighted by Gasteiger charge is 2.14. The Bertz CT molecular complexity index is 794. The number of para-hydroxylation sites is 2. The zero-order valence-electron chi connectivity index (χ0n) is 13.4. The normalized spacial score (nSPS) is 12.5. The van der Waals surface area contributed by atoms with Gasteiger partial charge in [0, 0.05) is 32.2 Å². The molecule has 3 rings (SSSR count). The van der Waals surface area contributed by atoms with Gasteiger partial charge in [-0.15, -0.1) is 0 Å². The molecule has 122 valence electrons. The monoisotopic (exact) mass is 332 g/mol. The van der Waals surface area contributed by atoms with Crippen LogP contribution in [0.15, 0.2) is 24.3 Å². The highest BCUT2D eigenvalue weighted by Crippen LogP contribution is 2.22. The number of hydrogen-bond acceptors (Lipinski definition) is 7. The minimum atomic E-state index is -0.444. The molecule has 0 saturated carbocycles. The molecule has 0 unspecified atom stereocenters.